The van der Waals surface area contributed by atoms with Crippen LogP contribution in [0.1, 0.15) is 33.3 Å². The smallest absolute Gasteiger partial charge is 0.281 e. The number of carbonyl (C=O) groups excluding carboxylic acids is 2. The Balaban J connectivity index is 1.55. The summed E-state index contributed by atoms with van der Waals surface area (Å²) in [5, 5.41) is 8.73. The molecule has 0 spiro atoms. The molecule has 1 aliphatic heterocycles. The van der Waals surface area contributed by atoms with Gasteiger partial charge in [0.25, 0.3) is 5.91 Å². The number of ether oxygens (including phenoxy) is 2. The molecule has 0 saturated carbocycles. The molecule has 1 aromatic heterocycles. The summed E-state index contributed by atoms with van der Waals surface area (Å²) in [6.07, 6.45) is 1.32. The molecular weight excluding hydrogens is 436 g/mol. The van der Waals surface area contributed by atoms with Crippen molar-refractivity contribution in [3.05, 3.63) is 81.0 Å². The van der Waals surface area contributed by atoms with Crippen LogP contribution in [-0.2, 0) is 4.79 Å². The average Bonchev–Trinajstić information content (AvgIpc) is 3.48. The molecule has 1 aliphatic rings. The summed E-state index contributed by atoms with van der Waals surface area (Å²) >= 11 is 7.59. The highest BCUT2D eigenvalue weighted by Gasteiger charge is 2.34. The van der Waals surface area contributed by atoms with E-state index in [4.69, 9.17) is 21.1 Å². The second kappa shape index (κ2) is 9.32. The molecule has 1 unspecified atom stereocenters. The lowest BCUT2D eigenvalue weighted by Gasteiger charge is -2.21. The summed E-state index contributed by atoms with van der Waals surface area (Å²) < 4.78 is 11.0. The lowest BCUT2D eigenvalue weighted by molar-refractivity contribution is -0.135. The first-order valence-electron chi connectivity index (χ1n) is 9.54. The van der Waals surface area contributed by atoms with Gasteiger partial charge in [-0.1, -0.05) is 29.8 Å². The van der Waals surface area contributed by atoms with E-state index in [-0.39, 0.29) is 18.6 Å². The number of hydrazone groups is 1. The number of halogens is 1. The molecule has 0 radical (unpaired) electrons. The van der Waals surface area contributed by atoms with E-state index in [0.29, 0.717) is 28.5 Å². The minimum atomic E-state index is -0.274. The zero-order valence-corrected chi connectivity index (χ0v) is 18.2. The number of hydrogen-bond acceptors (Lipinski definition) is 6. The molecule has 8 heteroatoms. The third kappa shape index (κ3) is 4.62. The van der Waals surface area contributed by atoms with E-state index in [9.17, 15) is 9.59 Å². The Labute approximate surface area is 188 Å². The Hall–Kier alpha value is -3.16. The van der Waals surface area contributed by atoms with E-state index in [1.165, 1.54) is 12.1 Å². The van der Waals surface area contributed by atoms with Crippen molar-refractivity contribution in [1.82, 2.24) is 5.01 Å². The molecule has 1 amide bonds. The number of benzene rings is 2. The summed E-state index contributed by atoms with van der Waals surface area (Å²) in [5.74, 6) is 0.498. The minimum absolute atomic E-state index is 0.193. The molecule has 158 valence electrons. The molecule has 1 atom stereocenters. The van der Waals surface area contributed by atoms with Crippen LogP contribution in [0.25, 0.3) is 0 Å². The van der Waals surface area contributed by atoms with Crippen molar-refractivity contribution >= 4 is 40.8 Å². The van der Waals surface area contributed by atoms with Crippen molar-refractivity contribution < 1.29 is 19.1 Å². The van der Waals surface area contributed by atoms with Crippen LogP contribution < -0.4 is 9.47 Å². The number of carbonyl (C=O) groups is 2. The van der Waals surface area contributed by atoms with Gasteiger partial charge in [0.1, 0.15) is 6.29 Å². The largest absolute Gasteiger partial charge is 0.493 e. The van der Waals surface area contributed by atoms with Gasteiger partial charge < -0.3 is 9.47 Å². The van der Waals surface area contributed by atoms with Gasteiger partial charge in [-0.3, -0.25) is 9.59 Å². The fourth-order valence-corrected chi connectivity index (χ4v) is 4.28. The number of methoxy groups -OCH3 is 1. The standard InChI is InChI=1S/C23H19ClN2O4S/c1-29-21-11-15(13-27)4-9-20(21)30-14-23(28)26-19(22-3-2-10-31-22)12-18(25-26)16-5-7-17(24)8-6-16/h2-11,13,19H,12,14H2,1H3. The summed E-state index contributed by atoms with van der Waals surface area (Å²) in [4.78, 5) is 25.1. The third-order valence-corrected chi connectivity index (χ3v) is 6.12. The summed E-state index contributed by atoms with van der Waals surface area (Å²) in [6.45, 7) is -0.212. The van der Waals surface area contributed by atoms with Gasteiger partial charge in [-0.05, 0) is 47.3 Å². The van der Waals surface area contributed by atoms with Crippen molar-refractivity contribution in [2.45, 2.75) is 12.5 Å². The Bertz CT molecular complexity index is 1110. The van der Waals surface area contributed by atoms with Crippen LogP contribution in [0.3, 0.4) is 0 Å². The van der Waals surface area contributed by atoms with Crippen molar-refractivity contribution in [2.24, 2.45) is 5.10 Å². The summed E-state index contributed by atoms with van der Waals surface area (Å²) in [5.41, 5.74) is 2.20. The van der Waals surface area contributed by atoms with E-state index in [2.05, 4.69) is 5.10 Å². The van der Waals surface area contributed by atoms with Gasteiger partial charge in [-0.15, -0.1) is 11.3 Å². The molecule has 0 N–H and O–H groups in total. The SMILES string of the molecule is COc1cc(C=O)ccc1OCC(=O)N1N=C(c2ccc(Cl)cc2)CC1c1cccs1. The zero-order valence-electron chi connectivity index (χ0n) is 16.7. The van der Waals surface area contributed by atoms with Crippen LogP contribution in [0.15, 0.2) is 65.1 Å². The van der Waals surface area contributed by atoms with Crippen LogP contribution in [0.5, 0.6) is 11.5 Å². The van der Waals surface area contributed by atoms with E-state index in [1.807, 2.05) is 41.8 Å². The van der Waals surface area contributed by atoms with Crippen molar-refractivity contribution in [3.8, 4) is 11.5 Å². The number of amides is 1. The van der Waals surface area contributed by atoms with E-state index in [1.54, 1.807) is 29.5 Å². The average molecular weight is 455 g/mol. The predicted molar refractivity (Wildman–Crippen MR) is 120 cm³/mol. The highest BCUT2D eigenvalue weighted by atomic mass is 35.5. The van der Waals surface area contributed by atoms with Gasteiger partial charge >= 0.3 is 0 Å². The second-order valence-electron chi connectivity index (χ2n) is 6.84. The fourth-order valence-electron chi connectivity index (χ4n) is 3.34. The number of hydrogen-bond donors (Lipinski definition) is 0. The highest BCUT2D eigenvalue weighted by Crippen LogP contribution is 2.35. The Morgan fingerprint density at radius 3 is 2.71 bits per heavy atom. The maximum absolute atomic E-state index is 13.1. The topological polar surface area (TPSA) is 68.2 Å². The summed E-state index contributed by atoms with van der Waals surface area (Å²) in [7, 11) is 1.48. The van der Waals surface area contributed by atoms with Gasteiger partial charge in [0, 0.05) is 21.9 Å². The molecular formula is C23H19ClN2O4S. The molecule has 2 heterocycles. The minimum Gasteiger partial charge on any atom is -0.493 e. The zero-order chi connectivity index (χ0) is 21.8. The van der Waals surface area contributed by atoms with Crippen molar-refractivity contribution in [2.75, 3.05) is 13.7 Å². The second-order valence-corrected chi connectivity index (χ2v) is 8.26. The lowest BCUT2D eigenvalue weighted by atomic mass is 10.0. The summed E-state index contributed by atoms with van der Waals surface area (Å²) in [6, 6.07) is 16.0. The van der Waals surface area contributed by atoms with Crippen LogP contribution in [0.2, 0.25) is 5.02 Å². The number of nitrogens with zero attached hydrogens (tertiary/aromatic N) is 2. The number of thiophene rings is 1. The molecule has 2 aromatic carbocycles. The Morgan fingerprint density at radius 1 is 1.23 bits per heavy atom. The highest BCUT2D eigenvalue weighted by molar-refractivity contribution is 7.10. The fraction of sp³-hybridized carbons (Fsp3) is 0.174. The van der Waals surface area contributed by atoms with E-state index in [0.717, 1.165) is 22.4 Å². The van der Waals surface area contributed by atoms with Crippen molar-refractivity contribution in [3.63, 3.8) is 0 Å². The Kier molecular flexibility index (Phi) is 6.34. The molecule has 0 bridgehead atoms. The van der Waals surface area contributed by atoms with Gasteiger partial charge in [-0.2, -0.15) is 5.10 Å². The molecule has 6 nitrogen and oxygen atoms in total. The normalized spacial score (nSPS) is 15.5. The molecule has 0 saturated heterocycles. The van der Waals surface area contributed by atoms with Crippen LogP contribution in [0.4, 0.5) is 0 Å². The molecule has 0 aliphatic carbocycles. The molecule has 3 aromatic rings. The van der Waals surface area contributed by atoms with Crippen LogP contribution in [0, 0.1) is 0 Å². The maximum atomic E-state index is 13.1. The monoisotopic (exact) mass is 454 g/mol. The van der Waals surface area contributed by atoms with Gasteiger partial charge in [0.2, 0.25) is 0 Å². The maximum Gasteiger partial charge on any atom is 0.281 e. The first-order chi connectivity index (χ1) is 15.1. The van der Waals surface area contributed by atoms with E-state index < -0.39 is 0 Å². The molecule has 4 rings (SSSR count). The number of rotatable bonds is 7. The molecule has 0 fully saturated rings. The molecule has 31 heavy (non-hydrogen) atoms. The Morgan fingerprint density at radius 2 is 2.03 bits per heavy atom. The first kappa shape index (κ1) is 21.1. The first-order valence-corrected chi connectivity index (χ1v) is 10.8. The predicted octanol–water partition coefficient (Wildman–Crippen LogP) is 4.98. The lowest BCUT2D eigenvalue weighted by Crippen LogP contribution is -2.31. The van der Waals surface area contributed by atoms with Crippen LogP contribution in [-0.4, -0.2) is 36.6 Å². The van der Waals surface area contributed by atoms with Gasteiger partial charge in [0.15, 0.2) is 18.1 Å². The van der Waals surface area contributed by atoms with Gasteiger partial charge in [-0.25, -0.2) is 5.01 Å². The van der Waals surface area contributed by atoms with Gasteiger partial charge in [0.05, 0.1) is 18.9 Å². The number of aldehydes is 1. The van der Waals surface area contributed by atoms with E-state index >= 15 is 0 Å². The van der Waals surface area contributed by atoms with Crippen LogP contribution >= 0.6 is 22.9 Å². The van der Waals surface area contributed by atoms with Crippen molar-refractivity contribution in [1.29, 1.82) is 0 Å². The quantitative estimate of drug-likeness (QED) is 0.472. The third-order valence-electron chi connectivity index (χ3n) is 4.89.